The molecule has 23 heavy (non-hydrogen) atoms. The maximum atomic E-state index is 11.3. The molecule has 1 aliphatic heterocycles. The molecule has 1 amide bonds. The third-order valence-corrected chi connectivity index (χ3v) is 4.29. The minimum absolute atomic E-state index is 0.00974. The maximum Gasteiger partial charge on any atom is 0.216 e. The number of hydrogen-bond acceptors (Lipinski definition) is 4. The smallest absolute Gasteiger partial charge is 0.216 e. The van der Waals surface area contributed by atoms with Crippen molar-refractivity contribution in [2.45, 2.75) is 13.0 Å². The van der Waals surface area contributed by atoms with Gasteiger partial charge in [0.2, 0.25) is 5.91 Å². The van der Waals surface area contributed by atoms with Crippen LogP contribution in [-0.4, -0.2) is 43.5 Å². The Kier molecular flexibility index (Phi) is 4.98. The summed E-state index contributed by atoms with van der Waals surface area (Å²) in [5.74, 6) is 0.899. The van der Waals surface area contributed by atoms with Crippen LogP contribution in [0, 0.1) is 0 Å². The van der Waals surface area contributed by atoms with Crippen molar-refractivity contribution in [2.75, 3.05) is 37.6 Å². The second kappa shape index (κ2) is 7.33. The summed E-state index contributed by atoms with van der Waals surface area (Å²) in [7, 11) is 0. The highest BCUT2D eigenvalue weighted by atomic mass is 16.3. The number of carbonyl (C=O) groups excluding carboxylic acids is 1. The lowest BCUT2D eigenvalue weighted by atomic mass is 10.1. The van der Waals surface area contributed by atoms with Crippen LogP contribution in [0.1, 0.15) is 18.7 Å². The van der Waals surface area contributed by atoms with Gasteiger partial charge < -0.3 is 14.6 Å². The molecule has 5 heteroatoms. The van der Waals surface area contributed by atoms with Gasteiger partial charge in [-0.3, -0.25) is 9.69 Å². The Morgan fingerprint density at radius 3 is 2.48 bits per heavy atom. The van der Waals surface area contributed by atoms with Crippen molar-refractivity contribution in [1.29, 1.82) is 0 Å². The van der Waals surface area contributed by atoms with Crippen molar-refractivity contribution in [3.05, 3.63) is 54.5 Å². The molecule has 5 nitrogen and oxygen atoms in total. The zero-order valence-electron chi connectivity index (χ0n) is 13.4. The summed E-state index contributed by atoms with van der Waals surface area (Å²) in [6, 6.07) is 14.5. The summed E-state index contributed by atoms with van der Waals surface area (Å²) >= 11 is 0. The molecule has 1 fully saturated rings. The van der Waals surface area contributed by atoms with Crippen LogP contribution in [0.2, 0.25) is 0 Å². The monoisotopic (exact) mass is 313 g/mol. The van der Waals surface area contributed by atoms with Gasteiger partial charge in [0, 0.05) is 45.3 Å². The first-order valence-corrected chi connectivity index (χ1v) is 8.06. The molecule has 0 bridgehead atoms. The average Bonchev–Trinajstić information content (AvgIpc) is 3.10. The van der Waals surface area contributed by atoms with Gasteiger partial charge in [-0.2, -0.15) is 0 Å². The van der Waals surface area contributed by atoms with Crippen LogP contribution in [0.15, 0.2) is 53.1 Å². The Balaban J connectivity index is 1.64. The largest absolute Gasteiger partial charge is 0.468 e. The molecule has 1 saturated heterocycles. The minimum atomic E-state index is -0.00974. The first-order chi connectivity index (χ1) is 11.2. The minimum Gasteiger partial charge on any atom is -0.468 e. The van der Waals surface area contributed by atoms with Crippen molar-refractivity contribution >= 4 is 11.6 Å². The molecular formula is C18H23N3O2. The molecule has 2 aromatic rings. The molecule has 3 rings (SSSR count). The molecular weight excluding hydrogens is 290 g/mol. The van der Waals surface area contributed by atoms with Gasteiger partial charge in [0.1, 0.15) is 5.76 Å². The second-order valence-electron chi connectivity index (χ2n) is 5.83. The number of rotatable bonds is 5. The van der Waals surface area contributed by atoms with Gasteiger partial charge in [-0.05, 0) is 24.3 Å². The van der Waals surface area contributed by atoms with E-state index in [-0.39, 0.29) is 11.9 Å². The van der Waals surface area contributed by atoms with E-state index in [1.54, 1.807) is 13.2 Å². The standard InChI is InChI=1S/C18H23N3O2/c1-15(22)19-14-17(18-8-5-13-23-18)21-11-9-20(10-12-21)16-6-3-2-4-7-16/h2-8,13,17H,9-12,14H2,1H3,(H,19,22)/t17-/m1/s1. The number of hydrogen-bond donors (Lipinski definition) is 1. The lowest BCUT2D eigenvalue weighted by Gasteiger charge is -2.39. The van der Waals surface area contributed by atoms with Crippen LogP contribution in [0.25, 0.3) is 0 Å². The van der Waals surface area contributed by atoms with E-state index in [1.807, 2.05) is 18.2 Å². The Labute approximate surface area is 136 Å². The van der Waals surface area contributed by atoms with Crippen molar-refractivity contribution < 1.29 is 9.21 Å². The number of amides is 1. The number of nitrogens with zero attached hydrogens (tertiary/aromatic N) is 2. The number of carbonyl (C=O) groups is 1. The van der Waals surface area contributed by atoms with E-state index in [2.05, 4.69) is 39.4 Å². The van der Waals surface area contributed by atoms with Crippen LogP contribution in [-0.2, 0) is 4.79 Å². The predicted molar refractivity (Wildman–Crippen MR) is 90.4 cm³/mol. The molecule has 0 spiro atoms. The van der Waals surface area contributed by atoms with E-state index >= 15 is 0 Å². The van der Waals surface area contributed by atoms with Crippen LogP contribution in [0.3, 0.4) is 0 Å². The molecule has 0 aliphatic carbocycles. The van der Waals surface area contributed by atoms with Crippen molar-refractivity contribution in [3.63, 3.8) is 0 Å². The number of furan rings is 1. The fraction of sp³-hybridized carbons (Fsp3) is 0.389. The summed E-state index contributed by atoms with van der Waals surface area (Å²) < 4.78 is 5.59. The van der Waals surface area contributed by atoms with E-state index in [0.717, 1.165) is 31.9 Å². The van der Waals surface area contributed by atoms with E-state index in [9.17, 15) is 4.79 Å². The zero-order valence-corrected chi connectivity index (χ0v) is 13.4. The predicted octanol–water partition coefficient (Wildman–Crippen LogP) is 2.28. The zero-order chi connectivity index (χ0) is 16.1. The van der Waals surface area contributed by atoms with E-state index in [1.165, 1.54) is 5.69 Å². The number of piperazine rings is 1. The Morgan fingerprint density at radius 2 is 1.87 bits per heavy atom. The summed E-state index contributed by atoms with van der Waals surface area (Å²) in [6.07, 6.45) is 1.69. The van der Waals surface area contributed by atoms with Gasteiger partial charge in [0.15, 0.2) is 0 Å². The number of anilines is 1. The fourth-order valence-electron chi connectivity index (χ4n) is 3.06. The maximum absolute atomic E-state index is 11.3. The Morgan fingerprint density at radius 1 is 1.13 bits per heavy atom. The number of para-hydroxylation sites is 1. The van der Waals surface area contributed by atoms with Crippen molar-refractivity contribution in [1.82, 2.24) is 10.2 Å². The second-order valence-corrected chi connectivity index (χ2v) is 5.83. The first kappa shape index (κ1) is 15.6. The molecule has 0 radical (unpaired) electrons. The first-order valence-electron chi connectivity index (χ1n) is 8.06. The van der Waals surface area contributed by atoms with Crippen LogP contribution >= 0.6 is 0 Å². The summed E-state index contributed by atoms with van der Waals surface area (Å²) in [6.45, 7) is 5.96. The Bertz CT molecular complexity index is 604. The van der Waals surface area contributed by atoms with Gasteiger partial charge in [-0.15, -0.1) is 0 Å². The van der Waals surface area contributed by atoms with Crippen molar-refractivity contribution in [2.24, 2.45) is 0 Å². The molecule has 0 saturated carbocycles. The molecule has 122 valence electrons. The molecule has 1 atom stereocenters. The molecule has 1 aromatic carbocycles. The highest BCUT2D eigenvalue weighted by Gasteiger charge is 2.27. The molecule has 1 N–H and O–H groups in total. The highest BCUT2D eigenvalue weighted by molar-refractivity contribution is 5.72. The topological polar surface area (TPSA) is 48.7 Å². The van der Waals surface area contributed by atoms with Gasteiger partial charge in [0.25, 0.3) is 0 Å². The highest BCUT2D eigenvalue weighted by Crippen LogP contribution is 2.24. The van der Waals surface area contributed by atoms with E-state index in [4.69, 9.17) is 4.42 Å². The van der Waals surface area contributed by atoms with Crippen LogP contribution in [0.5, 0.6) is 0 Å². The quantitative estimate of drug-likeness (QED) is 0.920. The average molecular weight is 313 g/mol. The third-order valence-electron chi connectivity index (χ3n) is 4.29. The van der Waals surface area contributed by atoms with E-state index < -0.39 is 0 Å². The lowest BCUT2D eigenvalue weighted by Crippen LogP contribution is -2.49. The Hall–Kier alpha value is -2.27. The van der Waals surface area contributed by atoms with Gasteiger partial charge in [-0.1, -0.05) is 18.2 Å². The molecule has 1 aromatic heterocycles. The fourth-order valence-corrected chi connectivity index (χ4v) is 3.06. The summed E-state index contributed by atoms with van der Waals surface area (Å²) in [5, 5.41) is 2.92. The number of benzene rings is 1. The lowest BCUT2D eigenvalue weighted by molar-refractivity contribution is -0.119. The molecule has 0 unspecified atom stereocenters. The summed E-state index contributed by atoms with van der Waals surface area (Å²) in [4.78, 5) is 16.0. The molecule has 1 aliphatic rings. The summed E-state index contributed by atoms with van der Waals surface area (Å²) in [5.41, 5.74) is 1.27. The van der Waals surface area contributed by atoms with Gasteiger partial charge >= 0.3 is 0 Å². The van der Waals surface area contributed by atoms with Gasteiger partial charge in [0.05, 0.1) is 12.3 Å². The SMILES string of the molecule is CC(=O)NC[C@H](c1ccco1)N1CCN(c2ccccc2)CC1. The third kappa shape index (κ3) is 3.93. The molecule has 2 heterocycles. The number of nitrogens with one attached hydrogen (secondary N) is 1. The normalized spacial score (nSPS) is 17.0. The van der Waals surface area contributed by atoms with E-state index in [0.29, 0.717) is 6.54 Å². The van der Waals surface area contributed by atoms with Crippen LogP contribution in [0.4, 0.5) is 5.69 Å². The van der Waals surface area contributed by atoms with Crippen LogP contribution < -0.4 is 10.2 Å². The van der Waals surface area contributed by atoms with Crippen molar-refractivity contribution in [3.8, 4) is 0 Å². The van der Waals surface area contributed by atoms with Gasteiger partial charge in [-0.25, -0.2) is 0 Å².